The molecule has 8 heteroatoms. The average molecular weight is 377 g/mol. The first-order chi connectivity index (χ1) is 9.83. The van der Waals surface area contributed by atoms with E-state index in [9.17, 15) is 17.2 Å². The number of hydrogen-bond acceptors (Lipinski definition) is 3. The lowest BCUT2D eigenvalue weighted by atomic mass is 10.2. The van der Waals surface area contributed by atoms with Gasteiger partial charge in [0.1, 0.15) is 16.5 Å². The number of sulfonamides is 1. The van der Waals surface area contributed by atoms with Crippen molar-refractivity contribution in [2.45, 2.75) is 11.4 Å². The van der Waals surface area contributed by atoms with E-state index in [1.54, 1.807) is 0 Å². The summed E-state index contributed by atoms with van der Waals surface area (Å²) in [5.41, 5.74) is 5.96. The van der Waals surface area contributed by atoms with Gasteiger partial charge in [0.25, 0.3) is 10.0 Å². The van der Waals surface area contributed by atoms with E-state index in [1.165, 1.54) is 18.2 Å². The average Bonchev–Trinajstić information content (AvgIpc) is 2.42. The molecule has 0 radical (unpaired) electrons. The molecule has 0 amide bonds. The molecular formula is C13H11BrF2N2O2S. The molecule has 0 bridgehead atoms. The summed E-state index contributed by atoms with van der Waals surface area (Å²) in [7, 11) is -4.11. The molecule has 0 aliphatic rings. The number of nitrogens with two attached hydrogens (primary N) is 1. The normalized spacial score (nSPS) is 11.4. The molecule has 0 saturated heterocycles. The van der Waals surface area contributed by atoms with Crippen molar-refractivity contribution < 1.29 is 17.2 Å². The predicted molar refractivity (Wildman–Crippen MR) is 79.2 cm³/mol. The second kappa shape index (κ2) is 6.08. The van der Waals surface area contributed by atoms with E-state index in [2.05, 4.69) is 20.7 Å². The van der Waals surface area contributed by atoms with Crippen LogP contribution in [0.1, 0.15) is 5.56 Å². The maximum atomic E-state index is 13.8. The Labute approximate surface area is 129 Å². The smallest absolute Gasteiger partial charge is 0.264 e. The van der Waals surface area contributed by atoms with Gasteiger partial charge in [-0.1, -0.05) is 6.07 Å². The predicted octanol–water partition coefficient (Wildman–Crippen LogP) is 2.99. The largest absolute Gasteiger partial charge is 0.326 e. The van der Waals surface area contributed by atoms with Gasteiger partial charge in [-0.05, 0) is 51.8 Å². The van der Waals surface area contributed by atoms with E-state index in [1.807, 2.05) is 0 Å². The Morgan fingerprint density at radius 2 is 1.81 bits per heavy atom. The second-order valence-corrected chi connectivity index (χ2v) is 6.71. The molecule has 3 N–H and O–H groups in total. The number of benzene rings is 2. The Kier molecular flexibility index (Phi) is 4.60. The third kappa shape index (κ3) is 3.58. The zero-order valence-corrected chi connectivity index (χ0v) is 13.0. The molecule has 0 atom stereocenters. The molecule has 0 fully saturated rings. The minimum Gasteiger partial charge on any atom is -0.326 e. The molecule has 0 aliphatic heterocycles. The molecule has 0 saturated carbocycles. The van der Waals surface area contributed by atoms with Crippen LogP contribution in [0.25, 0.3) is 0 Å². The lowest BCUT2D eigenvalue weighted by Crippen LogP contribution is -2.15. The monoisotopic (exact) mass is 376 g/mol. The van der Waals surface area contributed by atoms with Crippen LogP contribution in [0.4, 0.5) is 14.5 Å². The summed E-state index contributed by atoms with van der Waals surface area (Å²) in [5, 5.41) is 0. The molecule has 21 heavy (non-hydrogen) atoms. The van der Waals surface area contributed by atoms with Crippen LogP contribution in [0.15, 0.2) is 45.8 Å². The highest BCUT2D eigenvalue weighted by Gasteiger charge is 2.19. The molecule has 0 unspecified atom stereocenters. The number of rotatable bonds is 4. The Balaban J connectivity index is 2.36. The van der Waals surface area contributed by atoms with Gasteiger partial charge in [-0.3, -0.25) is 4.72 Å². The molecule has 2 rings (SSSR count). The lowest BCUT2D eigenvalue weighted by molar-refractivity contribution is 0.569. The first-order valence-corrected chi connectivity index (χ1v) is 8.07. The van der Waals surface area contributed by atoms with Gasteiger partial charge in [0.2, 0.25) is 0 Å². The highest BCUT2D eigenvalue weighted by atomic mass is 79.9. The molecule has 0 spiro atoms. The molecule has 0 aliphatic carbocycles. The van der Waals surface area contributed by atoms with Gasteiger partial charge in [-0.2, -0.15) is 0 Å². The Morgan fingerprint density at radius 3 is 2.38 bits per heavy atom. The standard InChI is InChI=1S/C13H11BrF2N2O2S/c14-10-6-9(2-3-11(10)15)18-21(19,20)13-4-1-8(7-17)5-12(13)16/h1-6,18H,7,17H2. The fourth-order valence-electron chi connectivity index (χ4n) is 1.66. The Hall–Kier alpha value is -1.51. The molecule has 0 heterocycles. The fourth-order valence-corrected chi connectivity index (χ4v) is 3.15. The molecule has 4 nitrogen and oxygen atoms in total. The highest BCUT2D eigenvalue weighted by Crippen LogP contribution is 2.24. The Morgan fingerprint density at radius 1 is 1.10 bits per heavy atom. The van der Waals surface area contributed by atoms with E-state index >= 15 is 0 Å². The van der Waals surface area contributed by atoms with Gasteiger partial charge < -0.3 is 5.73 Å². The quantitative estimate of drug-likeness (QED) is 0.861. The summed E-state index contributed by atoms with van der Waals surface area (Å²) in [6.07, 6.45) is 0. The summed E-state index contributed by atoms with van der Waals surface area (Å²) in [4.78, 5) is -0.500. The van der Waals surface area contributed by atoms with Crippen molar-refractivity contribution in [1.29, 1.82) is 0 Å². The first-order valence-electron chi connectivity index (χ1n) is 5.80. The van der Waals surface area contributed by atoms with Crippen molar-refractivity contribution in [3.63, 3.8) is 0 Å². The van der Waals surface area contributed by atoms with Gasteiger partial charge in [0.05, 0.1) is 10.2 Å². The zero-order chi connectivity index (χ0) is 15.6. The molecule has 2 aromatic carbocycles. The summed E-state index contributed by atoms with van der Waals surface area (Å²) in [5.74, 6) is -1.43. The van der Waals surface area contributed by atoms with Gasteiger partial charge in [0, 0.05) is 6.54 Å². The third-order valence-corrected chi connectivity index (χ3v) is 4.72. The number of nitrogens with one attached hydrogen (secondary N) is 1. The van der Waals surface area contributed by atoms with E-state index in [0.717, 1.165) is 18.2 Å². The maximum absolute atomic E-state index is 13.8. The summed E-state index contributed by atoms with van der Waals surface area (Å²) in [6, 6.07) is 7.21. The van der Waals surface area contributed by atoms with Crippen LogP contribution in [0.2, 0.25) is 0 Å². The van der Waals surface area contributed by atoms with Crippen LogP contribution in [0.5, 0.6) is 0 Å². The van der Waals surface area contributed by atoms with Crippen molar-refractivity contribution in [2.75, 3.05) is 4.72 Å². The highest BCUT2D eigenvalue weighted by molar-refractivity contribution is 9.10. The minimum atomic E-state index is -4.11. The van der Waals surface area contributed by atoms with Crippen molar-refractivity contribution >= 4 is 31.6 Å². The minimum absolute atomic E-state index is 0.0988. The number of halogens is 3. The first kappa shape index (κ1) is 15.9. The third-order valence-electron chi connectivity index (χ3n) is 2.69. The van der Waals surface area contributed by atoms with Crippen LogP contribution in [-0.2, 0) is 16.6 Å². The maximum Gasteiger partial charge on any atom is 0.264 e. The van der Waals surface area contributed by atoms with Gasteiger partial charge >= 0.3 is 0 Å². The van der Waals surface area contributed by atoms with E-state index in [-0.39, 0.29) is 16.7 Å². The van der Waals surface area contributed by atoms with E-state index in [0.29, 0.717) is 5.56 Å². The van der Waals surface area contributed by atoms with Gasteiger partial charge in [0.15, 0.2) is 0 Å². The molecule has 2 aromatic rings. The van der Waals surface area contributed by atoms with Gasteiger partial charge in [-0.25, -0.2) is 17.2 Å². The summed E-state index contributed by atoms with van der Waals surface area (Å²) >= 11 is 2.95. The molecule has 0 aromatic heterocycles. The van der Waals surface area contributed by atoms with Crippen molar-refractivity contribution in [2.24, 2.45) is 5.73 Å². The van der Waals surface area contributed by atoms with Crippen LogP contribution in [0.3, 0.4) is 0 Å². The summed E-state index contributed by atoms with van der Waals surface area (Å²) < 4.78 is 53.5. The Bertz CT molecular complexity index is 782. The van der Waals surface area contributed by atoms with Crippen LogP contribution in [-0.4, -0.2) is 8.42 Å². The van der Waals surface area contributed by atoms with Crippen molar-refractivity contribution in [3.8, 4) is 0 Å². The molecular weight excluding hydrogens is 366 g/mol. The van der Waals surface area contributed by atoms with Crippen molar-refractivity contribution in [1.82, 2.24) is 0 Å². The second-order valence-electron chi connectivity index (χ2n) is 4.20. The lowest BCUT2D eigenvalue weighted by Gasteiger charge is -2.10. The van der Waals surface area contributed by atoms with Gasteiger partial charge in [-0.15, -0.1) is 0 Å². The van der Waals surface area contributed by atoms with Crippen LogP contribution < -0.4 is 10.5 Å². The van der Waals surface area contributed by atoms with Crippen molar-refractivity contribution in [3.05, 3.63) is 58.1 Å². The van der Waals surface area contributed by atoms with Crippen LogP contribution in [0, 0.1) is 11.6 Å². The van der Waals surface area contributed by atoms with E-state index in [4.69, 9.17) is 5.73 Å². The van der Waals surface area contributed by atoms with Crippen LogP contribution >= 0.6 is 15.9 Å². The SMILES string of the molecule is NCc1ccc(S(=O)(=O)Nc2ccc(F)c(Br)c2)c(F)c1. The number of hydrogen-bond donors (Lipinski definition) is 2. The molecule has 112 valence electrons. The summed E-state index contributed by atoms with van der Waals surface area (Å²) in [6.45, 7) is 0.107. The zero-order valence-electron chi connectivity index (χ0n) is 10.6. The van der Waals surface area contributed by atoms with E-state index < -0.39 is 26.6 Å². The number of anilines is 1. The topological polar surface area (TPSA) is 72.2 Å². The fraction of sp³-hybridized carbons (Fsp3) is 0.0769.